The molecular weight excluding hydrogens is 525 g/mol. The molecule has 12 heteroatoms. The number of carbonyl (C=O) groups is 1. The number of aryl methyl sites for hydroxylation is 2. The smallest absolute Gasteiger partial charge is 0.274 e. The van der Waals surface area contributed by atoms with E-state index in [1.54, 1.807) is 16.9 Å². The van der Waals surface area contributed by atoms with E-state index >= 15 is 0 Å². The van der Waals surface area contributed by atoms with Gasteiger partial charge in [0.1, 0.15) is 28.5 Å². The number of ether oxygens (including phenoxy) is 1. The molecule has 5 aromatic rings. The highest BCUT2D eigenvalue weighted by Crippen LogP contribution is 2.40. The quantitative estimate of drug-likeness (QED) is 0.311. The monoisotopic (exact) mass is 555 g/mol. The first-order chi connectivity index (χ1) is 19.9. The molecule has 0 spiro atoms. The van der Waals surface area contributed by atoms with Gasteiger partial charge in [-0.05, 0) is 49.2 Å². The van der Waals surface area contributed by atoms with Crippen LogP contribution in [-0.4, -0.2) is 61.4 Å². The molecule has 41 heavy (non-hydrogen) atoms. The lowest BCUT2D eigenvalue weighted by Gasteiger charge is -2.28. The molecule has 11 nitrogen and oxygen atoms in total. The first-order valence-corrected chi connectivity index (χ1v) is 13.3. The van der Waals surface area contributed by atoms with Gasteiger partial charge in [0, 0.05) is 45.6 Å². The number of carbonyl (C=O) groups excluding carboxylic acids is 1. The lowest BCUT2D eigenvalue weighted by Crippen LogP contribution is -2.36. The molecule has 6 rings (SSSR count). The van der Waals surface area contributed by atoms with E-state index in [-0.39, 0.29) is 28.9 Å². The first-order valence-electron chi connectivity index (χ1n) is 13.3. The molecule has 2 aromatic carbocycles. The van der Waals surface area contributed by atoms with Crippen molar-refractivity contribution in [3.8, 4) is 28.7 Å². The summed E-state index contributed by atoms with van der Waals surface area (Å²) in [5, 5.41) is 7.33. The van der Waals surface area contributed by atoms with Crippen molar-refractivity contribution in [3.05, 3.63) is 66.4 Å². The number of imidazole rings is 1. The second-order valence-corrected chi connectivity index (χ2v) is 9.93. The number of rotatable bonds is 7. The third-order valence-electron chi connectivity index (χ3n) is 7.57. The highest BCUT2D eigenvalue weighted by atomic mass is 19.1. The largest absolute Gasteiger partial charge is 0.496 e. The number of amides is 1. The van der Waals surface area contributed by atoms with Crippen LogP contribution in [0.4, 0.5) is 15.8 Å². The topological polar surface area (TPSA) is 129 Å². The van der Waals surface area contributed by atoms with Crippen LogP contribution in [0.5, 0.6) is 5.75 Å². The van der Waals surface area contributed by atoms with Crippen LogP contribution in [0.2, 0.25) is 0 Å². The summed E-state index contributed by atoms with van der Waals surface area (Å²) >= 11 is 0. The van der Waals surface area contributed by atoms with Crippen LogP contribution in [-0.2, 0) is 14.1 Å². The number of anilines is 2. The highest BCUT2D eigenvalue weighted by Gasteiger charge is 2.30. The fourth-order valence-corrected chi connectivity index (χ4v) is 5.52. The van der Waals surface area contributed by atoms with Crippen LogP contribution in [0.25, 0.3) is 33.9 Å². The standard InChI is InChI=1S/C29H30FN9O2/c1-37-21-10-9-19(35-29(40)20-11-13-32-27(34-20)24-18(30)7-4-8-23(24)41-3)26(39-15-5-6-17(39)16-31)25(21)36-28(37)22-12-14-33-38(22)2/h4,7-14,17H,5-6,15-16,31H2,1-3H3,(H,35,40). The van der Waals surface area contributed by atoms with Gasteiger partial charge >= 0.3 is 0 Å². The number of hydrogen-bond acceptors (Lipinski definition) is 8. The van der Waals surface area contributed by atoms with Crippen LogP contribution in [0, 0.1) is 5.82 Å². The minimum Gasteiger partial charge on any atom is -0.496 e. The number of nitrogens with one attached hydrogen (secondary N) is 1. The number of hydrogen-bond donors (Lipinski definition) is 2. The Morgan fingerprint density at radius 1 is 1.15 bits per heavy atom. The SMILES string of the molecule is COc1cccc(F)c1-c1nccc(C(=O)Nc2ccc3c(nc(-c4ccnn4C)n3C)c2N2CCCC2CN)n1. The van der Waals surface area contributed by atoms with E-state index in [2.05, 4.69) is 25.3 Å². The van der Waals surface area contributed by atoms with Gasteiger partial charge in [-0.15, -0.1) is 0 Å². The van der Waals surface area contributed by atoms with Crippen molar-refractivity contribution in [3.63, 3.8) is 0 Å². The Labute approximate surface area is 235 Å². The maximum Gasteiger partial charge on any atom is 0.274 e. The summed E-state index contributed by atoms with van der Waals surface area (Å²) in [7, 11) is 5.28. The number of methoxy groups -OCH3 is 1. The van der Waals surface area contributed by atoms with Crippen molar-refractivity contribution >= 4 is 28.3 Å². The number of aromatic nitrogens is 6. The van der Waals surface area contributed by atoms with Crippen molar-refractivity contribution in [1.29, 1.82) is 0 Å². The first kappa shape index (κ1) is 26.4. The van der Waals surface area contributed by atoms with Crippen molar-refractivity contribution in [2.24, 2.45) is 19.8 Å². The van der Waals surface area contributed by atoms with Crippen molar-refractivity contribution in [2.45, 2.75) is 18.9 Å². The fraction of sp³-hybridized carbons (Fsp3) is 0.276. The molecule has 0 bridgehead atoms. The van der Waals surface area contributed by atoms with Gasteiger partial charge in [-0.1, -0.05) is 6.07 Å². The predicted octanol–water partition coefficient (Wildman–Crippen LogP) is 3.76. The van der Waals surface area contributed by atoms with Crippen molar-refractivity contribution in [1.82, 2.24) is 29.3 Å². The predicted molar refractivity (Wildman–Crippen MR) is 154 cm³/mol. The van der Waals surface area contributed by atoms with Gasteiger partial charge in [0.2, 0.25) is 0 Å². The van der Waals surface area contributed by atoms with E-state index < -0.39 is 11.7 Å². The Morgan fingerprint density at radius 2 is 2.00 bits per heavy atom. The summed E-state index contributed by atoms with van der Waals surface area (Å²) < 4.78 is 23.8. The maximum atomic E-state index is 14.7. The second kappa shape index (κ2) is 10.6. The molecule has 1 saturated heterocycles. The van der Waals surface area contributed by atoms with Crippen LogP contribution >= 0.6 is 0 Å². The third kappa shape index (κ3) is 4.55. The van der Waals surface area contributed by atoms with Crippen molar-refractivity contribution < 1.29 is 13.9 Å². The number of fused-ring (bicyclic) bond motifs is 1. The van der Waals surface area contributed by atoms with Gasteiger partial charge in [0.15, 0.2) is 11.6 Å². The average Bonchev–Trinajstić information content (AvgIpc) is 3.71. The van der Waals surface area contributed by atoms with E-state index in [4.69, 9.17) is 15.5 Å². The molecule has 1 amide bonds. The molecule has 1 fully saturated rings. The Kier molecular flexibility index (Phi) is 6.83. The second-order valence-electron chi connectivity index (χ2n) is 9.93. The number of nitrogens with zero attached hydrogens (tertiary/aromatic N) is 7. The molecule has 3 aromatic heterocycles. The summed E-state index contributed by atoms with van der Waals surface area (Å²) in [6.45, 7) is 1.26. The van der Waals surface area contributed by atoms with Gasteiger partial charge in [0.25, 0.3) is 5.91 Å². The van der Waals surface area contributed by atoms with Gasteiger partial charge in [-0.2, -0.15) is 5.10 Å². The molecule has 0 saturated carbocycles. The Balaban J connectivity index is 1.43. The zero-order valence-corrected chi connectivity index (χ0v) is 23.0. The number of benzene rings is 2. The summed E-state index contributed by atoms with van der Waals surface area (Å²) in [6.07, 6.45) is 5.09. The summed E-state index contributed by atoms with van der Waals surface area (Å²) in [4.78, 5) is 29.4. The molecule has 0 radical (unpaired) electrons. The zero-order chi connectivity index (χ0) is 28.7. The van der Waals surface area contributed by atoms with Gasteiger partial charge in [-0.3, -0.25) is 9.48 Å². The molecule has 3 N–H and O–H groups in total. The van der Waals surface area contributed by atoms with E-state index in [9.17, 15) is 9.18 Å². The summed E-state index contributed by atoms with van der Waals surface area (Å²) in [5.74, 6) is 0.0762. The van der Waals surface area contributed by atoms with E-state index in [0.717, 1.165) is 47.6 Å². The minimum atomic E-state index is -0.545. The Morgan fingerprint density at radius 3 is 2.76 bits per heavy atom. The van der Waals surface area contributed by atoms with Gasteiger partial charge in [-0.25, -0.2) is 19.3 Å². The molecule has 210 valence electrons. The Hall–Kier alpha value is -4.84. The molecule has 1 unspecified atom stereocenters. The molecular formula is C29H30FN9O2. The lowest BCUT2D eigenvalue weighted by atomic mass is 10.1. The molecule has 1 atom stereocenters. The van der Waals surface area contributed by atoms with E-state index in [1.807, 2.05) is 36.9 Å². The zero-order valence-electron chi connectivity index (χ0n) is 23.0. The van der Waals surface area contributed by atoms with Crippen LogP contribution in [0.3, 0.4) is 0 Å². The van der Waals surface area contributed by atoms with Crippen LogP contribution < -0.4 is 20.7 Å². The van der Waals surface area contributed by atoms with Gasteiger partial charge in [0.05, 0.1) is 29.6 Å². The maximum absolute atomic E-state index is 14.7. The lowest BCUT2D eigenvalue weighted by molar-refractivity contribution is 0.102. The summed E-state index contributed by atoms with van der Waals surface area (Å²) in [5.41, 5.74) is 10.3. The normalized spacial score (nSPS) is 15.0. The highest BCUT2D eigenvalue weighted by molar-refractivity contribution is 6.08. The molecule has 1 aliphatic heterocycles. The molecule has 1 aliphatic rings. The van der Waals surface area contributed by atoms with Crippen LogP contribution in [0.15, 0.2) is 54.9 Å². The minimum absolute atomic E-state index is 0.0524. The molecule has 4 heterocycles. The van der Waals surface area contributed by atoms with E-state index in [1.165, 1.54) is 31.5 Å². The van der Waals surface area contributed by atoms with Gasteiger partial charge < -0.3 is 25.3 Å². The summed E-state index contributed by atoms with van der Waals surface area (Å²) in [6, 6.07) is 11.8. The van der Waals surface area contributed by atoms with E-state index in [0.29, 0.717) is 12.2 Å². The van der Waals surface area contributed by atoms with Crippen molar-refractivity contribution in [2.75, 3.05) is 30.4 Å². The van der Waals surface area contributed by atoms with Crippen LogP contribution in [0.1, 0.15) is 23.3 Å². The number of nitrogens with two attached hydrogens (primary N) is 1. The average molecular weight is 556 g/mol. The third-order valence-corrected chi connectivity index (χ3v) is 7.57. The molecule has 0 aliphatic carbocycles. The Bertz CT molecular complexity index is 1760. The fourth-order valence-electron chi connectivity index (χ4n) is 5.52. The number of halogens is 1.